The Bertz CT molecular complexity index is 226. The highest BCUT2D eigenvalue weighted by Gasteiger charge is 2.14. The lowest BCUT2D eigenvalue weighted by molar-refractivity contribution is 0.397. The van der Waals surface area contributed by atoms with E-state index in [0.29, 0.717) is 0 Å². The van der Waals surface area contributed by atoms with Gasteiger partial charge in [0.15, 0.2) is 0 Å². The van der Waals surface area contributed by atoms with Gasteiger partial charge in [0.2, 0.25) is 0 Å². The number of likely N-dealkylation sites (tertiary alicyclic amines) is 1. The highest BCUT2D eigenvalue weighted by atomic mass is 15.1. The molecule has 0 aromatic heterocycles. The summed E-state index contributed by atoms with van der Waals surface area (Å²) in [6.45, 7) is 2.65. The lowest BCUT2D eigenvalue weighted by Crippen LogP contribution is -2.18. The Morgan fingerprint density at radius 2 is 1.24 bits per heavy atom. The summed E-state index contributed by atoms with van der Waals surface area (Å²) in [7, 11) is 0. The van der Waals surface area contributed by atoms with Crippen molar-refractivity contribution in [2.24, 2.45) is 0 Å². The van der Waals surface area contributed by atoms with Crippen molar-refractivity contribution >= 4 is 0 Å². The van der Waals surface area contributed by atoms with Crippen LogP contribution in [0.3, 0.4) is 0 Å². The van der Waals surface area contributed by atoms with Crippen LogP contribution in [0.25, 0.3) is 0 Å². The third kappa shape index (κ3) is 4.73. The maximum absolute atomic E-state index is 2.66. The van der Waals surface area contributed by atoms with E-state index in [1.807, 2.05) is 0 Å². The van der Waals surface area contributed by atoms with Crippen LogP contribution in [-0.2, 0) is 0 Å². The minimum absolute atomic E-state index is 1.33. The summed E-state index contributed by atoms with van der Waals surface area (Å²) in [4.78, 5) is 2.66. The van der Waals surface area contributed by atoms with Crippen molar-refractivity contribution in [3.05, 3.63) is 11.8 Å². The Morgan fingerprint density at radius 1 is 0.647 bits per heavy atom. The van der Waals surface area contributed by atoms with Gasteiger partial charge >= 0.3 is 0 Å². The van der Waals surface area contributed by atoms with Crippen LogP contribution < -0.4 is 0 Å². The molecule has 1 fully saturated rings. The van der Waals surface area contributed by atoms with Gasteiger partial charge in [-0.25, -0.2) is 0 Å². The molecule has 0 saturated carbocycles. The van der Waals surface area contributed by atoms with Crippen LogP contribution in [-0.4, -0.2) is 18.0 Å². The molecule has 1 saturated heterocycles. The van der Waals surface area contributed by atoms with E-state index >= 15 is 0 Å². The quantitative estimate of drug-likeness (QED) is 0.626. The van der Waals surface area contributed by atoms with Gasteiger partial charge in [-0.15, -0.1) is 0 Å². The zero-order valence-corrected chi connectivity index (χ0v) is 11.4. The smallest absolute Gasteiger partial charge is 0.0175 e. The average Bonchev–Trinajstić information content (AvgIpc) is 2.83. The van der Waals surface area contributed by atoms with Gasteiger partial charge < -0.3 is 4.90 Å². The van der Waals surface area contributed by atoms with Crippen molar-refractivity contribution in [1.29, 1.82) is 0 Å². The molecule has 1 aliphatic heterocycles. The predicted octanol–water partition coefficient (Wildman–Crippen LogP) is 4.88. The lowest BCUT2D eigenvalue weighted by atomic mass is 10.0. The van der Waals surface area contributed by atoms with Crippen molar-refractivity contribution in [3.63, 3.8) is 0 Å². The summed E-state index contributed by atoms with van der Waals surface area (Å²) < 4.78 is 0. The first-order valence-electron chi connectivity index (χ1n) is 7.91. The summed E-state index contributed by atoms with van der Waals surface area (Å²) in [6.07, 6.45) is 19.7. The molecule has 1 heterocycles. The number of hydrogen-bond acceptors (Lipinski definition) is 1. The predicted molar refractivity (Wildman–Crippen MR) is 75.1 cm³/mol. The Labute approximate surface area is 107 Å². The van der Waals surface area contributed by atoms with E-state index in [1.165, 1.54) is 90.1 Å². The van der Waals surface area contributed by atoms with Crippen LogP contribution in [0, 0.1) is 0 Å². The third-order valence-electron chi connectivity index (χ3n) is 4.28. The molecule has 1 nitrogen and oxygen atoms in total. The average molecular weight is 235 g/mol. The Balaban J connectivity index is 1.84. The monoisotopic (exact) mass is 235 g/mol. The lowest BCUT2D eigenvalue weighted by Gasteiger charge is -2.22. The van der Waals surface area contributed by atoms with Crippen LogP contribution >= 0.6 is 0 Å². The Hall–Kier alpha value is -0.460. The SMILES string of the molecule is C1=C(/N2CCCC2)CCCCCCCCCC/1. The highest BCUT2D eigenvalue weighted by Crippen LogP contribution is 2.22. The largest absolute Gasteiger partial charge is 0.375 e. The first-order chi connectivity index (χ1) is 8.47. The van der Waals surface area contributed by atoms with Gasteiger partial charge in [0, 0.05) is 18.8 Å². The van der Waals surface area contributed by atoms with Gasteiger partial charge in [0.25, 0.3) is 0 Å². The van der Waals surface area contributed by atoms with Gasteiger partial charge in [0.05, 0.1) is 0 Å². The summed E-state index contributed by atoms with van der Waals surface area (Å²) in [5, 5.41) is 0. The van der Waals surface area contributed by atoms with Gasteiger partial charge in [-0.3, -0.25) is 0 Å². The molecule has 2 rings (SSSR count). The Kier molecular flexibility index (Phi) is 5.95. The standard InChI is InChI=1S/C16H29N/c1-2-4-6-8-12-16(13-9-7-5-3-1)17-14-10-11-15-17/h12H,1-11,13-15H2/b16-12+. The van der Waals surface area contributed by atoms with Crippen molar-refractivity contribution < 1.29 is 0 Å². The molecule has 1 aliphatic carbocycles. The molecule has 98 valence electrons. The molecule has 1 heteroatoms. The van der Waals surface area contributed by atoms with Crippen LogP contribution in [0.2, 0.25) is 0 Å². The zero-order valence-electron chi connectivity index (χ0n) is 11.4. The van der Waals surface area contributed by atoms with E-state index in [0.717, 1.165) is 0 Å². The molecule has 0 bridgehead atoms. The van der Waals surface area contributed by atoms with E-state index in [4.69, 9.17) is 0 Å². The maximum atomic E-state index is 2.66. The fourth-order valence-corrected chi connectivity index (χ4v) is 3.17. The van der Waals surface area contributed by atoms with Gasteiger partial charge in [0.1, 0.15) is 0 Å². The Morgan fingerprint density at radius 3 is 1.94 bits per heavy atom. The number of hydrogen-bond donors (Lipinski definition) is 0. The van der Waals surface area contributed by atoms with Gasteiger partial charge in [-0.1, -0.05) is 44.6 Å². The minimum Gasteiger partial charge on any atom is -0.375 e. The second-order valence-electron chi connectivity index (χ2n) is 5.76. The molecule has 0 atom stereocenters. The van der Waals surface area contributed by atoms with Crippen molar-refractivity contribution in [2.75, 3.05) is 13.1 Å². The fourth-order valence-electron chi connectivity index (χ4n) is 3.17. The molecule has 2 aliphatic rings. The van der Waals surface area contributed by atoms with Crippen LogP contribution in [0.15, 0.2) is 11.8 Å². The molecule has 0 radical (unpaired) electrons. The summed E-state index contributed by atoms with van der Waals surface area (Å²) >= 11 is 0. The fraction of sp³-hybridized carbons (Fsp3) is 0.875. The molecular weight excluding hydrogens is 206 g/mol. The third-order valence-corrected chi connectivity index (χ3v) is 4.28. The molecule has 0 N–H and O–H groups in total. The van der Waals surface area contributed by atoms with Crippen molar-refractivity contribution in [3.8, 4) is 0 Å². The molecule has 0 unspecified atom stereocenters. The maximum Gasteiger partial charge on any atom is 0.0175 e. The van der Waals surface area contributed by atoms with Crippen molar-refractivity contribution in [1.82, 2.24) is 4.90 Å². The van der Waals surface area contributed by atoms with E-state index in [9.17, 15) is 0 Å². The van der Waals surface area contributed by atoms with E-state index in [1.54, 1.807) is 5.70 Å². The second-order valence-corrected chi connectivity index (χ2v) is 5.76. The normalized spacial score (nSPS) is 28.0. The first kappa shape index (κ1) is 13.0. The van der Waals surface area contributed by atoms with E-state index < -0.39 is 0 Å². The highest BCUT2D eigenvalue weighted by molar-refractivity contribution is 5.03. The molecule has 0 amide bonds. The first-order valence-corrected chi connectivity index (χ1v) is 7.91. The molecule has 0 spiro atoms. The summed E-state index contributed by atoms with van der Waals surface area (Å²) in [5.74, 6) is 0. The number of rotatable bonds is 1. The minimum atomic E-state index is 1.33. The van der Waals surface area contributed by atoms with Crippen molar-refractivity contribution in [2.45, 2.75) is 77.0 Å². The van der Waals surface area contributed by atoms with Crippen LogP contribution in [0.1, 0.15) is 77.0 Å². The molecule has 0 aromatic carbocycles. The van der Waals surface area contributed by atoms with Crippen LogP contribution in [0.4, 0.5) is 0 Å². The van der Waals surface area contributed by atoms with Gasteiger partial charge in [-0.2, -0.15) is 0 Å². The number of nitrogens with zero attached hydrogens (tertiary/aromatic N) is 1. The second kappa shape index (κ2) is 7.79. The summed E-state index contributed by atoms with van der Waals surface area (Å²) in [5.41, 5.74) is 1.68. The van der Waals surface area contributed by atoms with Gasteiger partial charge in [-0.05, 0) is 38.5 Å². The zero-order chi connectivity index (χ0) is 11.8. The van der Waals surface area contributed by atoms with E-state index in [-0.39, 0.29) is 0 Å². The molecular formula is C16H29N. The molecule has 17 heavy (non-hydrogen) atoms. The van der Waals surface area contributed by atoms with E-state index in [2.05, 4.69) is 11.0 Å². The van der Waals surface area contributed by atoms with Crippen LogP contribution in [0.5, 0.6) is 0 Å². The topological polar surface area (TPSA) is 3.24 Å². The summed E-state index contributed by atoms with van der Waals surface area (Å²) in [6, 6.07) is 0. The number of allylic oxidation sites excluding steroid dienone is 2. The molecule has 0 aromatic rings.